The second-order valence-corrected chi connectivity index (χ2v) is 7.30. The highest BCUT2D eigenvalue weighted by Gasteiger charge is 2.33. The van der Waals surface area contributed by atoms with Gasteiger partial charge in [-0.3, -0.25) is 0 Å². The first kappa shape index (κ1) is 16.3. The summed E-state index contributed by atoms with van der Waals surface area (Å²) in [6, 6.07) is 7.13. The molecule has 0 aromatic heterocycles. The van der Waals surface area contributed by atoms with Crippen LogP contribution in [0.1, 0.15) is 19.8 Å². The van der Waals surface area contributed by atoms with Crippen molar-refractivity contribution in [2.75, 3.05) is 38.7 Å². The molecule has 1 N–H and O–H groups in total. The number of ether oxygens (including phenoxy) is 1. The molecule has 1 unspecified atom stereocenters. The lowest BCUT2D eigenvalue weighted by Crippen LogP contribution is -2.30. The van der Waals surface area contributed by atoms with Crippen LogP contribution in [0.3, 0.4) is 0 Å². The van der Waals surface area contributed by atoms with E-state index in [1.54, 1.807) is 23.5 Å². The van der Waals surface area contributed by atoms with Crippen molar-refractivity contribution in [2.45, 2.75) is 24.7 Å². The van der Waals surface area contributed by atoms with Crippen LogP contribution in [0.4, 0.5) is 5.69 Å². The van der Waals surface area contributed by atoms with Crippen molar-refractivity contribution in [3.63, 3.8) is 0 Å². The van der Waals surface area contributed by atoms with Crippen LogP contribution in [0.15, 0.2) is 29.2 Å². The van der Waals surface area contributed by atoms with Crippen molar-refractivity contribution in [1.29, 1.82) is 0 Å². The lowest BCUT2D eigenvalue weighted by Gasteiger charge is -2.19. The maximum Gasteiger partial charge on any atom is 0.245 e. The van der Waals surface area contributed by atoms with Crippen LogP contribution in [-0.4, -0.2) is 46.1 Å². The Morgan fingerprint density at radius 1 is 1.38 bits per heavy atom. The molecule has 1 aliphatic rings. The monoisotopic (exact) mass is 312 g/mol. The van der Waals surface area contributed by atoms with Gasteiger partial charge in [0, 0.05) is 26.7 Å². The zero-order valence-corrected chi connectivity index (χ0v) is 13.5. The van der Waals surface area contributed by atoms with Gasteiger partial charge in [-0.25, -0.2) is 8.42 Å². The summed E-state index contributed by atoms with van der Waals surface area (Å²) in [4.78, 5) is 0.372. The van der Waals surface area contributed by atoms with Crippen molar-refractivity contribution in [1.82, 2.24) is 4.31 Å². The van der Waals surface area contributed by atoms with Gasteiger partial charge in [0.15, 0.2) is 0 Å². The van der Waals surface area contributed by atoms with E-state index in [0.29, 0.717) is 36.2 Å². The molecule has 1 saturated heterocycles. The lowest BCUT2D eigenvalue weighted by molar-refractivity contribution is 0.157. The fourth-order valence-corrected chi connectivity index (χ4v) is 4.32. The summed E-state index contributed by atoms with van der Waals surface area (Å²) in [5.41, 5.74) is 0.689. The molecule has 0 amide bonds. The van der Waals surface area contributed by atoms with Gasteiger partial charge in [0.05, 0.1) is 12.3 Å². The molecule has 21 heavy (non-hydrogen) atoms. The van der Waals surface area contributed by atoms with Crippen molar-refractivity contribution in [3.05, 3.63) is 24.3 Å². The molecule has 1 heterocycles. The van der Waals surface area contributed by atoms with E-state index in [2.05, 4.69) is 12.2 Å². The van der Waals surface area contributed by atoms with E-state index in [-0.39, 0.29) is 0 Å². The maximum absolute atomic E-state index is 12.8. The summed E-state index contributed by atoms with van der Waals surface area (Å²) < 4.78 is 32.3. The largest absolute Gasteiger partial charge is 0.384 e. The summed E-state index contributed by atoms with van der Waals surface area (Å²) in [7, 11) is -1.78. The van der Waals surface area contributed by atoms with Crippen LogP contribution in [0.5, 0.6) is 0 Å². The molecule has 1 aliphatic heterocycles. The Morgan fingerprint density at radius 2 is 2.14 bits per heavy atom. The average Bonchev–Trinajstić information content (AvgIpc) is 2.95. The standard InChI is InChI=1S/C15H24N2O3S/c1-3-9-16-14-6-4-5-7-15(14)21(18,19)17-10-8-13(11-17)12-20-2/h4-7,13,16H,3,8-12H2,1-2H3. The fraction of sp³-hybridized carbons (Fsp3) is 0.600. The highest BCUT2D eigenvalue weighted by molar-refractivity contribution is 7.89. The van der Waals surface area contributed by atoms with Gasteiger partial charge in [-0.15, -0.1) is 0 Å². The number of para-hydroxylation sites is 1. The zero-order valence-electron chi connectivity index (χ0n) is 12.7. The SMILES string of the molecule is CCCNc1ccccc1S(=O)(=O)N1CCC(COC)C1. The second kappa shape index (κ2) is 7.24. The molecule has 0 bridgehead atoms. The third-order valence-corrected chi connectivity index (χ3v) is 5.64. The van der Waals surface area contributed by atoms with Crippen molar-refractivity contribution >= 4 is 15.7 Å². The van der Waals surface area contributed by atoms with Gasteiger partial charge in [-0.1, -0.05) is 19.1 Å². The lowest BCUT2D eigenvalue weighted by atomic mass is 10.1. The van der Waals surface area contributed by atoms with Crippen LogP contribution < -0.4 is 5.32 Å². The molecule has 1 atom stereocenters. The number of nitrogens with zero attached hydrogens (tertiary/aromatic N) is 1. The number of hydrogen-bond donors (Lipinski definition) is 1. The number of rotatable bonds is 7. The summed E-state index contributed by atoms with van der Waals surface area (Å²) >= 11 is 0. The normalized spacial score (nSPS) is 19.8. The first-order chi connectivity index (χ1) is 10.1. The van der Waals surface area contributed by atoms with Gasteiger partial charge in [0.2, 0.25) is 10.0 Å². The summed E-state index contributed by atoms with van der Waals surface area (Å²) in [6.07, 6.45) is 1.81. The van der Waals surface area contributed by atoms with Gasteiger partial charge in [0.25, 0.3) is 0 Å². The van der Waals surface area contributed by atoms with Crippen molar-refractivity contribution in [3.8, 4) is 0 Å². The van der Waals surface area contributed by atoms with Crippen molar-refractivity contribution in [2.24, 2.45) is 5.92 Å². The van der Waals surface area contributed by atoms with Gasteiger partial charge >= 0.3 is 0 Å². The number of sulfonamides is 1. The Bertz CT molecular complexity index is 560. The summed E-state index contributed by atoms with van der Waals surface area (Å²) in [5.74, 6) is 0.292. The third-order valence-electron chi connectivity index (χ3n) is 3.72. The molecule has 6 heteroatoms. The van der Waals surface area contributed by atoms with E-state index in [0.717, 1.165) is 19.4 Å². The van der Waals surface area contributed by atoms with E-state index in [1.165, 1.54) is 0 Å². The van der Waals surface area contributed by atoms with Crippen LogP contribution >= 0.6 is 0 Å². The molecular weight excluding hydrogens is 288 g/mol. The average molecular weight is 312 g/mol. The molecule has 0 saturated carbocycles. The van der Waals surface area contributed by atoms with Gasteiger partial charge < -0.3 is 10.1 Å². The Balaban J connectivity index is 2.20. The molecular formula is C15H24N2O3S. The molecule has 2 rings (SSSR count). The Hall–Kier alpha value is -1.11. The predicted molar refractivity (Wildman–Crippen MR) is 84.0 cm³/mol. The number of methoxy groups -OCH3 is 1. The van der Waals surface area contributed by atoms with Gasteiger partial charge in [0.1, 0.15) is 4.90 Å². The first-order valence-corrected chi connectivity index (χ1v) is 8.85. The van der Waals surface area contributed by atoms with E-state index >= 15 is 0 Å². The summed E-state index contributed by atoms with van der Waals surface area (Å²) in [6.45, 7) is 4.54. The predicted octanol–water partition coefficient (Wildman–Crippen LogP) is 2.17. The maximum atomic E-state index is 12.8. The summed E-state index contributed by atoms with van der Waals surface area (Å²) in [5, 5.41) is 3.20. The van der Waals surface area contributed by atoms with Crippen molar-refractivity contribution < 1.29 is 13.2 Å². The molecule has 1 aromatic rings. The molecule has 118 valence electrons. The molecule has 0 radical (unpaired) electrons. The van der Waals surface area contributed by atoms with Crippen LogP contribution in [0.2, 0.25) is 0 Å². The molecule has 1 fully saturated rings. The number of anilines is 1. The fourth-order valence-electron chi connectivity index (χ4n) is 2.62. The minimum Gasteiger partial charge on any atom is -0.384 e. The Labute approximate surface area is 127 Å². The topological polar surface area (TPSA) is 58.6 Å². The highest BCUT2D eigenvalue weighted by atomic mass is 32.2. The number of hydrogen-bond acceptors (Lipinski definition) is 4. The van der Waals surface area contributed by atoms with E-state index in [1.807, 2.05) is 12.1 Å². The van der Waals surface area contributed by atoms with E-state index in [4.69, 9.17) is 4.74 Å². The smallest absolute Gasteiger partial charge is 0.245 e. The Morgan fingerprint density at radius 3 is 2.86 bits per heavy atom. The third kappa shape index (κ3) is 3.75. The highest BCUT2D eigenvalue weighted by Crippen LogP contribution is 2.28. The van der Waals surface area contributed by atoms with E-state index in [9.17, 15) is 8.42 Å². The minimum absolute atomic E-state index is 0.292. The number of nitrogens with one attached hydrogen (secondary N) is 1. The van der Waals surface area contributed by atoms with Crippen LogP contribution in [0, 0.1) is 5.92 Å². The zero-order chi connectivity index (χ0) is 15.3. The molecule has 1 aromatic carbocycles. The second-order valence-electron chi connectivity index (χ2n) is 5.40. The minimum atomic E-state index is -3.44. The van der Waals surface area contributed by atoms with Crippen LogP contribution in [0.25, 0.3) is 0 Å². The molecule has 0 spiro atoms. The van der Waals surface area contributed by atoms with Crippen LogP contribution in [-0.2, 0) is 14.8 Å². The van der Waals surface area contributed by atoms with Gasteiger partial charge in [-0.2, -0.15) is 4.31 Å². The van der Waals surface area contributed by atoms with Gasteiger partial charge in [-0.05, 0) is 30.9 Å². The number of benzene rings is 1. The first-order valence-electron chi connectivity index (χ1n) is 7.41. The molecule has 0 aliphatic carbocycles. The Kier molecular flexibility index (Phi) is 5.61. The van der Waals surface area contributed by atoms with E-state index < -0.39 is 10.0 Å². The molecule has 5 nitrogen and oxygen atoms in total. The quantitative estimate of drug-likeness (QED) is 0.838.